The van der Waals surface area contributed by atoms with Gasteiger partial charge >= 0.3 is 0 Å². The molecule has 1 fully saturated rings. The molecule has 0 saturated carbocycles. The lowest BCUT2D eigenvalue weighted by molar-refractivity contribution is -0.136. The van der Waals surface area contributed by atoms with Gasteiger partial charge in [0.1, 0.15) is 5.75 Å². The summed E-state index contributed by atoms with van der Waals surface area (Å²) >= 11 is 3.36. The Kier molecular flexibility index (Phi) is 4.82. The molecule has 1 aliphatic rings. The van der Waals surface area contributed by atoms with Crippen LogP contribution in [-0.4, -0.2) is 41.7 Å². The second kappa shape index (κ2) is 6.39. The summed E-state index contributed by atoms with van der Waals surface area (Å²) < 4.78 is 6.40. The Bertz CT molecular complexity index is 452. The van der Waals surface area contributed by atoms with Gasteiger partial charge in [0.15, 0.2) is 6.61 Å². The predicted molar refractivity (Wildman–Crippen MR) is 76.0 cm³/mol. The van der Waals surface area contributed by atoms with Gasteiger partial charge in [0.25, 0.3) is 5.91 Å². The highest BCUT2D eigenvalue weighted by atomic mass is 79.9. The van der Waals surface area contributed by atoms with E-state index >= 15 is 0 Å². The van der Waals surface area contributed by atoms with Crippen molar-refractivity contribution in [3.05, 3.63) is 28.7 Å². The normalized spacial score (nSPS) is 23.2. The van der Waals surface area contributed by atoms with Crippen LogP contribution in [0.5, 0.6) is 5.75 Å². The average Bonchev–Trinajstić information content (AvgIpc) is 2.39. The van der Waals surface area contributed by atoms with Crippen molar-refractivity contribution in [3.8, 4) is 5.75 Å². The predicted octanol–water partition coefficient (Wildman–Crippen LogP) is 2.06. The zero-order chi connectivity index (χ0) is 13.8. The Balaban J connectivity index is 1.84. The van der Waals surface area contributed by atoms with E-state index in [-0.39, 0.29) is 24.5 Å². The van der Waals surface area contributed by atoms with Crippen LogP contribution in [0.15, 0.2) is 28.7 Å². The number of ether oxygens (including phenoxy) is 1. The Morgan fingerprint density at radius 3 is 3.05 bits per heavy atom. The fourth-order valence-corrected chi connectivity index (χ4v) is 2.53. The maximum Gasteiger partial charge on any atom is 0.260 e. The van der Waals surface area contributed by atoms with E-state index in [0.717, 1.165) is 4.47 Å². The van der Waals surface area contributed by atoms with Gasteiger partial charge in [0.05, 0.1) is 6.10 Å². The number of amides is 1. The molecule has 2 atom stereocenters. The number of halogens is 1. The summed E-state index contributed by atoms with van der Waals surface area (Å²) in [5.74, 6) is 0.773. The highest BCUT2D eigenvalue weighted by Gasteiger charge is 2.27. The molecule has 0 aromatic heterocycles. The molecule has 1 aromatic rings. The van der Waals surface area contributed by atoms with Gasteiger partial charge in [0, 0.05) is 17.6 Å². The number of piperidine rings is 1. The molecule has 19 heavy (non-hydrogen) atoms. The van der Waals surface area contributed by atoms with Crippen molar-refractivity contribution in [1.82, 2.24) is 4.90 Å². The zero-order valence-electron chi connectivity index (χ0n) is 10.9. The molecule has 1 heterocycles. The molecular formula is C14H18BrNO3. The highest BCUT2D eigenvalue weighted by molar-refractivity contribution is 9.10. The minimum absolute atomic E-state index is 0.0290. The van der Waals surface area contributed by atoms with E-state index in [1.165, 1.54) is 0 Å². The Hall–Kier alpha value is -1.07. The van der Waals surface area contributed by atoms with Crippen molar-refractivity contribution in [2.75, 3.05) is 19.7 Å². The number of hydrogen-bond donors (Lipinski definition) is 1. The molecular weight excluding hydrogens is 310 g/mol. The fraction of sp³-hybridized carbons (Fsp3) is 0.500. The van der Waals surface area contributed by atoms with Gasteiger partial charge < -0.3 is 14.7 Å². The summed E-state index contributed by atoms with van der Waals surface area (Å²) in [4.78, 5) is 13.8. The summed E-state index contributed by atoms with van der Waals surface area (Å²) in [5.41, 5.74) is 0. The van der Waals surface area contributed by atoms with Crippen LogP contribution in [0.1, 0.15) is 13.3 Å². The van der Waals surface area contributed by atoms with Crippen LogP contribution in [0.2, 0.25) is 0 Å². The van der Waals surface area contributed by atoms with Crippen LogP contribution in [0.25, 0.3) is 0 Å². The molecule has 1 amide bonds. The number of hydrogen-bond acceptors (Lipinski definition) is 3. The number of rotatable bonds is 3. The molecule has 5 heteroatoms. The first-order valence-electron chi connectivity index (χ1n) is 6.40. The van der Waals surface area contributed by atoms with Gasteiger partial charge in [-0.05, 0) is 30.5 Å². The molecule has 104 valence electrons. The summed E-state index contributed by atoms with van der Waals surface area (Å²) in [6.07, 6.45) is 0.346. The molecule has 1 aromatic carbocycles. The van der Waals surface area contributed by atoms with Gasteiger partial charge in [-0.2, -0.15) is 0 Å². The van der Waals surface area contributed by atoms with Crippen molar-refractivity contribution in [3.63, 3.8) is 0 Å². The number of carbonyl (C=O) groups excluding carboxylic acids is 1. The molecule has 0 spiro atoms. The largest absolute Gasteiger partial charge is 0.484 e. The zero-order valence-corrected chi connectivity index (χ0v) is 12.5. The minimum Gasteiger partial charge on any atom is -0.484 e. The van der Waals surface area contributed by atoms with Gasteiger partial charge in [-0.1, -0.05) is 28.9 Å². The van der Waals surface area contributed by atoms with Gasteiger partial charge in [0.2, 0.25) is 0 Å². The van der Waals surface area contributed by atoms with Crippen LogP contribution in [0.3, 0.4) is 0 Å². The van der Waals surface area contributed by atoms with Crippen LogP contribution < -0.4 is 4.74 Å². The van der Waals surface area contributed by atoms with E-state index in [2.05, 4.69) is 15.9 Å². The molecule has 4 nitrogen and oxygen atoms in total. The third kappa shape index (κ3) is 3.94. The first-order chi connectivity index (χ1) is 9.06. The SMILES string of the molecule is CC1CN(C(=O)COc2cccc(Br)c2)CCC1O. The van der Waals surface area contributed by atoms with Gasteiger partial charge in [-0.25, -0.2) is 0 Å². The van der Waals surface area contributed by atoms with E-state index < -0.39 is 0 Å². The molecule has 1 N–H and O–H groups in total. The van der Waals surface area contributed by atoms with E-state index in [0.29, 0.717) is 25.3 Å². The van der Waals surface area contributed by atoms with E-state index in [4.69, 9.17) is 4.74 Å². The highest BCUT2D eigenvalue weighted by Crippen LogP contribution is 2.19. The molecule has 1 saturated heterocycles. The maximum absolute atomic E-state index is 12.0. The number of aliphatic hydroxyl groups is 1. The lowest BCUT2D eigenvalue weighted by atomic mass is 9.97. The number of aliphatic hydroxyl groups excluding tert-OH is 1. The maximum atomic E-state index is 12.0. The number of benzene rings is 1. The van der Waals surface area contributed by atoms with Gasteiger partial charge in [-0.15, -0.1) is 0 Å². The van der Waals surface area contributed by atoms with Crippen LogP contribution in [0.4, 0.5) is 0 Å². The molecule has 2 rings (SSSR count). The third-order valence-corrected chi connectivity index (χ3v) is 3.86. The van der Waals surface area contributed by atoms with Crippen LogP contribution in [-0.2, 0) is 4.79 Å². The first kappa shape index (κ1) is 14.3. The van der Waals surface area contributed by atoms with Crippen molar-refractivity contribution in [2.45, 2.75) is 19.4 Å². The topological polar surface area (TPSA) is 49.8 Å². The van der Waals surface area contributed by atoms with Crippen LogP contribution >= 0.6 is 15.9 Å². The molecule has 2 unspecified atom stereocenters. The second-order valence-corrected chi connectivity index (χ2v) is 5.83. The summed E-state index contributed by atoms with van der Waals surface area (Å²) in [5, 5.41) is 9.64. The molecule has 0 aliphatic carbocycles. The fourth-order valence-electron chi connectivity index (χ4n) is 2.15. The van der Waals surface area contributed by atoms with Gasteiger partial charge in [-0.3, -0.25) is 4.79 Å². The average molecular weight is 328 g/mol. The van der Waals surface area contributed by atoms with E-state index in [9.17, 15) is 9.90 Å². The van der Waals surface area contributed by atoms with E-state index in [1.54, 1.807) is 4.90 Å². The number of carbonyl (C=O) groups is 1. The molecule has 0 radical (unpaired) electrons. The summed E-state index contributed by atoms with van der Waals surface area (Å²) in [6.45, 7) is 3.20. The number of nitrogens with zero attached hydrogens (tertiary/aromatic N) is 1. The number of likely N-dealkylation sites (tertiary alicyclic amines) is 1. The Morgan fingerprint density at radius 1 is 1.58 bits per heavy atom. The smallest absolute Gasteiger partial charge is 0.260 e. The Labute approximate surface area is 121 Å². The second-order valence-electron chi connectivity index (χ2n) is 4.92. The minimum atomic E-state index is -0.296. The summed E-state index contributed by atoms with van der Waals surface area (Å²) in [7, 11) is 0. The quantitative estimate of drug-likeness (QED) is 0.924. The van der Waals surface area contributed by atoms with Crippen molar-refractivity contribution in [2.24, 2.45) is 5.92 Å². The molecule has 1 aliphatic heterocycles. The first-order valence-corrected chi connectivity index (χ1v) is 7.20. The van der Waals surface area contributed by atoms with E-state index in [1.807, 2.05) is 31.2 Å². The lowest BCUT2D eigenvalue weighted by Crippen LogP contribution is -2.46. The monoisotopic (exact) mass is 327 g/mol. The van der Waals surface area contributed by atoms with Crippen molar-refractivity contribution in [1.29, 1.82) is 0 Å². The summed E-state index contributed by atoms with van der Waals surface area (Å²) in [6, 6.07) is 7.42. The lowest BCUT2D eigenvalue weighted by Gasteiger charge is -2.34. The third-order valence-electron chi connectivity index (χ3n) is 3.37. The van der Waals surface area contributed by atoms with Crippen LogP contribution in [0, 0.1) is 5.92 Å². The molecule has 0 bridgehead atoms. The Morgan fingerprint density at radius 2 is 2.37 bits per heavy atom. The van der Waals surface area contributed by atoms with Crippen molar-refractivity contribution >= 4 is 21.8 Å². The standard InChI is InChI=1S/C14H18BrNO3/c1-10-8-16(6-5-13(10)17)14(18)9-19-12-4-2-3-11(15)7-12/h2-4,7,10,13,17H,5-6,8-9H2,1H3. The van der Waals surface area contributed by atoms with Crippen molar-refractivity contribution < 1.29 is 14.6 Å².